The summed E-state index contributed by atoms with van der Waals surface area (Å²) in [6.07, 6.45) is 4.28. The van der Waals surface area contributed by atoms with E-state index in [4.69, 9.17) is 5.73 Å². The van der Waals surface area contributed by atoms with Gasteiger partial charge in [-0.1, -0.05) is 62.4 Å². The van der Waals surface area contributed by atoms with Crippen LogP contribution >= 0.6 is 11.8 Å². The van der Waals surface area contributed by atoms with E-state index >= 15 is 0 Å². The minimum absolute atomic E-state index is 0.000299. The van der Waals surface area contributed by atoms with E-state index in [1.807, 2.05) is 68.4 Å². The topological polar surface area (TPSA) is 233 Å². The number of fused-ring (bicyclic) bond motifs is 1. The first-order valence-electron chi connectivity index (χ1n) is 17.7. The van der Waals surface area contributed by atoms with Crippen LogP contribution in [-0.4, -0.2) is 95.8 Å². The number of carbonyl (C=O) groups is 7. The van der Waals surface area contributed by atoms with E-state index in [9.17, 15) is 33.6 Å². The first-order chi connectivity index (χ1) is 26.0. The van der Waals surface area contributed by atoms with Crippen molar-refractivity contribution in [3.05, 3.63) is 83.4 Å². The van der Waals surface area contributed by atoms with Crippen LogP contribution in [0.4, 0.5) is 0 Å². The molecule has 1 aliphatic rings. The number of aromatic amines is 1. The van der Waals surface area contributed by atoms with Gasteiger partial charge < -0.3 is 52.2 Å². The molecule has 1 aromatic heterocycles. The molecule has 4 rings (SSSR count). The Morgan fingerprint density at radius 1 is 0.907 bits per heavy atom. The third-order valence-corrected chi connectivity index (χ3v) is 9.38. The van der Waals surface area contributed by atoms with Crippen LogP contribution in [-0.2, 0) is 46.4 Å². The average molecular weight is 761 g/mol. The second kappa shape index (κ2) is 20.8. The molecule has 1 aliphatic heterocycles. The Kier molecular flexibility index (Phi) is 16.0. The van der Waals surface area contributed by atoms with Gasteiger partial charge in [-0.3, -0.25) is 24.0 Å². The molecule has 0 spiro atoms. The van der Waals surface area contributed by atoms with Gasteiger partial charge in [0.15, 0.2) is 0 Å². The van der Waals surface area contributed by atoms with Crippen LogP contribution in [0.15, 0.2) is 72.3 Å². The third kappa shape index (κ3) is 12.4. The fraction of sp³-hybridized carbons (Fsp3) is 0.395. The Morgan fingerprint density at radius 3 is 2.35 bits per heavy atom. The van der Waals surface area contributed by atoms with Crippen molar-refractivity contribution in [3.63, 3.8) is 0 Å². The number of hydrogen-bond donors (Lipinski definition) is 8. The van der Waals surface area contributed by atoms with Gasteiger partial charge in [-0.25, -0.2) is 0 Å². The minimum atomic E-state index is -1.44. The Morgan fingerprint density at radius 2 is 1.63 bits per heavy atom. The Hall–Kier alpha value is -5.32. The normalized spacial score (nSPS) is 20.4. The average Bonchev–Trinajstić information content (AvgIpc) is 3.56. The van der Waals surface area contributed by atoms with Crippen LogP contribution < -0.4 is 37.6 Å². The number of benzene rings is 2. The second-order valence-corrected chi connectivity index (χ2v) is 14.3. The second-order valence-electron chi connectivity index (χ2n) is 13.4. The molecular formula is C38H48N8O7S. The lowest BCUT2D eigenvalue weighted by atomic mass is 10.0. The Bertz CT molecular complexity index is 1800. The van der Waals surface area contributed by atoms with Crippen LogP contribution in [0, 0.1) is 5.92 Å². The molecule has 6 atom stereocenters. The summed E-state index contributed by atoms with van der Waals surface area (Å²) in [5.74, 6) is -3.11. The van der Waals surface area contributed by atoms with Crippen LogP contribution in [0.2, 0.25) is 0 Å². The molecule has 0 saturated carbocycles. The number of nitrogens with one attached hydrogen (secondary N) is 7. The van der Waals surface area contributed by atoms with Crippen LogP contribution in [0.1, 0.15) is 37.8 Å². The summed E-state index contributed by atoms with van der Waals surface area (Å²) in [6, 6.07) is 9.78. The molecule has 2 aromatic carbocycles. The van der Waals surface area contributed by atoms with E-state index in [1.165, 1.54) is 17.8 Å². The first-order valence-corrected chi connectivity index (χ1v) is 18.8. The fourth-order valence-corrected chi connectivity index (χ4v) is 6.46. The lowest BCUT2D eigenvalue weighted by Crippen LogP contribution is -2.59. The lowest BCUT2D eigenvalue weighted by molar-refractivity contribution is -0.134. The molecule has 0 radical (unpaired) electrons. The zero-order valence-corrected chi connectivity index (χ0v) is 31.0. The molecule has 288 valence electrons. The predicted molar refractivity (Wildman–Crippen MR) is 206 cm³/mol. The number of aldehydes is 2. The van der Waals surface area contributed by atoms with Gasteiger partial charge in [0.25, 0.3) is 0 Å². The molecule has 0 saturated heterocycles. The van der Waals surface area contributed by atoms with E-state index in [2.05, 4.69) is 36.9 Å². The number of thioether (sulfide) groups is 1. The SMILES string of the molecule is CC(C)C[C@@H]1NC(=O)[C@@H](N)CNCS/C=C\[C@@H](C(=O)N[C@@H](CC=O)C(=O)N[C@@H](Cc2c[nH]c3ccccc23)C(=O)N[C@H](C=O)Cc2ccccc2)NC1=O. The molecule has 0 bridgehead atoms. The van der Waals surface area contributed by atoms with Crippen molar-refractivity contribution in [1.82, 2.24) is 36.9 Å². The standard InChI is InChI=1S/C38H48N8O7S/c1-23(2)16-32-38(53)44-31(13-15-54-22-40-20-28(39)34(49)45-32)36(51)43-30(12-14-47)35(50)46-33(18-25-19-41-29-11-7-6-10-27(25)29)37(52)42-26(21-48)17-24-8-4-3-5-9-24/h3-11,13-15,19,21,23,26,28,30-33,40-41H,12,16-18,20,22,39H2,1-2H3,(H,42,52)(H,43,51)(H,44,53)(H,45,49)(H,46,50)/b15-13-/t26-,28-,30-,31-,32-,33-/m0/s1. The smallest absolute Gasteiger partial charge is 0.247 e. The molecule has 9 N–H and O–H groups in total. The van der Waals surface area contributed by atoms with Crippen molar-refractivity contribution in [2.24, 2.45) is 11.7 Å². The highest BCUT2D eigenvalue weighted by atomic mass is 32.2. The summed E-state index contributed by atoms with van der Waals surface area (Å²) in [7, 11) is 0. The van der Waals surface area contributed by atoms with Gasteiger partial charge in [-0.2, -0.15) is 0 Å². The quantitative estimate of drug-likeness (QED) is 0.0991. The maximum Gasteiger partial charge on any atom is 0.247 e. The van der Waals surface area contributed by atoms with Gasteiger partial charge in [0.2, 0.25) is 29.5 Å². The molecule has 15 nitrogen and oxygen atoms in total. The minimum Gasteiger partial charge on any atom is -0.361 e. The van der Waals surface area contributed by atoms with E-state index in [0.717, 1.165) is 16.5 Å². The number of nitrogens with two attached hydrogens (primary N) is 1. The van der Waals surface area contributed by atoms with Crippen LogP contribution in [0.3, 0.4) is 0 Å². The van der Waals surface area contributed by atoms with Crippen LogP contribution in [0.5, 0.6) is 0 Å². The summed E-state index contributed by atoms with van der Waals surface area (Å²) in [6.45, 7) is 3.91. The number of carbonyl (C=O) groups excluding carboxylic acids is 7. The highest BCUT2D eigenvalue weighted by Gasteiger charge is 2.32. The van der Waals surface area contributed by atoms with Gasteiger partial charge in [0, 0.05) is 42.4 Å². The van der Waals surface area contributed by atoms with Gasteiger partial charge in [-0.05, 0) is 47.4 Å². The fourth-order valence-electron chi connectivity index (χ4n) is 5.86. The molecule has 0 fully saturated rings. The molecule has 54 heavy (non-hydrogen) atoms. The maximum atomic E-state index is 13.8. The van der Waals surface area contributed by atoms with E-state index < -0.39 is 72.2 Å². The summed E-state index contributed by atoms with van der Waals surface area (Å²) >= 11 is 1.25. The molecule has 2 heterocycles. The Labute approximate surface area is 317 Å². The number of aromatic nitrogens is 1. The summed E-state index contributed by atoms with van der Waals surface area (Å²) in [5, 5.41) is 18.7. The summed E-state index contributed by atoms with van der Waals surface area (Å²) in [4.78, 5) is 94.5. The first kappa shape index (κ1) is 41.4. The lowest BCUT2D eigenvalue weighted by Gasteiger charge is -2.26. The Balaban J connectivity index is 1.55. The van der Waals surface area contributed by atoms with Crippen LogP contribution in [0.25, 0.3) is 10.9 Å². The van der Waals surface area contributed by atoms with E-state index in [1.54, 1.807) is 11.6 Å². The summed E-state index contributed by atoms with van der Waals surface area (Å²) < 4.78 is 0. The molecular weight excluding hydrogens is 713 g/mol. The molecule has 3 aromatic rings. The maximum absolute atomic E-state index is 13.8. The number of para-hydroxylation sites is 1. The highest BCUT2D eigenvalue weighted by molar-refractivity contribution is 8.02. The van der Waals surface area contributed by atoms with E-state index in [0.29, 0.717) is 24.0 Å². The van der Waals surface area contributed by atoms with Gasteiger partial charge in [-0.15, -0.1) is 11.8 Å². The monoisotopic (exact) mass is 760 g/mol. The largest absolute Gasteiger partial charge is 0.361 e. The van der Waals surface area contributed by atoms with Crippen molar-refractivity contribution >= 4 is 64.8 Å². The number of rotatable bonds is 15. The third-order valence-electron chi connectivity index (χ3n) is 8.66. The van der Waals surface area contributed by atoms with Gasteiger partial charge in [0.1, 0.15) is 36.7 Å². The van der Waals surface area contributed by atoms with Crippen molar-refractivity contribution < 1.29 is 33.6 Å². The van der Waals surface area contributed by atoms with E-state index in [-0.39, 0.29) is 31.7 Å². The summed E-state index contributed by atoms with van der Waals surface area (Å²) in [5.41, 5.74) is 8.34. The zero-order chi connectivity index (χ0) is 39.0. The van der Waals surface area contributed by atoms with Gasteiger partial charge >= 0.3 is 0 Å². The molecule has 5 amide bonds. The predicted octanol–water partition coefficient (Wildman–Crippen LogP) is 0.346. The number of amides is 5. The molecule has 0 aliphatic carbocycles. The van der Waals surface area contributed by atoms with Crippen molar-refractivity contribution in [3.8, 4) is 0 Å². The zero-order valence-electron chi connectivity index (χ0n) is 30.2. The van der Waals surface area contributed by atoms with Crippen molar-refractivity contribution in [2.45, 2.75) is 75.8 Å². The van der Waals surface area contributed by atoms with Gasteiger partial charge in [0.05, 0.1) is 12.1 Å². The molecule has 16 heteroatoms. The van der Waals surface area contributed by atoms with Crippen molar-refractivity contribution in [1.29, 1.82) is 0 Å². The number of H-pyrrole nitrogens is 1. The highest BCUT2D eigenvalue weighted by Crippen LogP contribution is 2.19. The molecule has 0 unspecified atom stereocenters. The van der Waals surface area contributed by atoms with Crippen molar-refractivity contribution in [2.75, 3.05) is 12.4 Å². The number of hydrogen-bond acceptors (Lipinski definition) is 10.